The van der Waals surface area contributed by atoms with E-state index in [0.29, 0.717) is 28.0 Å². The van der Waals surface area contributed by atoms with Crippen LogP contribution in [-0.2, 0) is 0 Å². The van der Waals surface area contributed by atoms with Gasteiger partial charge in [-0.2, -0.15) is 0 Å². The molecule has 0 radical (unpaired) electrons. The number of benzene rings is 2. The highest BCUT2D eigenvalue weighted by Crippen LogP contribution is 2.28. The fraction of sp³-hybridized carbons (Fsp3) is 0.133. The van der Waals surface area contributed by atoms with E-state index in [-0.39, 0.29) is 11.7 Å². The zero-order valence-corrected chi connectivity index (χ0v) is 12.6. The standard InChI is InChI=1S/C15H15BrN2O2/c1-2-18(13-6-4-3-5-12(13)17)15(20)10-7-8-11(16)14(19)9-10/h3-9,19H,2,17H2,1H3. The van der Waals surface area contributed by atoms with Gasteiger partial charge in [-0.15, -0.1) is 0 Å². The Bertz CT molecular complexity index is 644. The molecule has 0 aliphatic rings. The van der Waals surface area contributed by atoms with E-state index < -0.39 is 0 Å². The summed E-state index contributed by atoms with van der Waals surface area (Å²) < 4.78 is 0.552. The van der Waals surface area contributed by atoms with Gasteiger partial charge in [-0.3, -0.25) is 4.79 Å². The summed E-state index contributed by atoms with van der Waals surface area (Å²) in [6.45, 7) is 2.37. The summed E-state index contributed by atoms with van der Waals surface area (Å²) in [5, 5.41) is 9.69. The molecule has 0 aliphatic carbocycles. The smallest absolute Gasteiger partial charge is 0.258 e. The molecule has 104 valence electrons. The van der Waals surface area contributed by atoms with Crippen LogP contribution in [0.25, 0.3) is 0 Å². The number of amides is 1. The van der Waals surface area contributed by atoms with Gasteiger partial charge in [0.25, 0.3) is 5.91 Å². The van der Waals surface area contributed by atoms with Crippen LogP contribution in [0.1, 0.15) is 17.3 Å². The van der Waals surface area contributed by atoms with Crippen molar-refractivity contribution in [2.24, 2.45) is 0 Å². The molecular formula is C15H15BrN2O2. The van der Waals surface area contributed by atoms with Crippen molar-refractivity contribution in [2.75, 3.05) is 17.2 Å². The maximum Gasteiger partial charge on any atom is 0.258 e. The molecule has 0 atom stereocenters. The van der Waals surface area contributed by atoms with Gasteiger partial charge in [-0.1, -0.05) is 12.1 Å². The molecule has 2 rings (SSSR count). The first-order valence-corrected chi connectivity index (χ1v) is 6.98. The van der Waals surface area contributed by atoms with Crippen LogP contribution in [0.15, 0.2) is 46.9 Å². The number of nitrogens with two attached hydrogens (primary N) is 1. The number of phenols is 1. The number of carbonyl (C=O) groups is 1. The number of nitrogen functional groups attached to an aromatic ring is 1. The van der Waals surface area contributed by atoms with E-state index >= 15 is 0 Å². The third-order valence-corrected chi connectivity index (χ3v) is 3.65. The zero-order valence-electron chi connectivity index (χ0n) is 11.0. The molecule has 0 saturated heterocycles. The third kappa shape index (κ3) is 2.77. The summed E-state index contributed by atoms with van der Waals surface area (Å²) >= 11 is 3.19. The summed E-state index contributed by atoms with van der Waals surface area (Å²) in [7, 11) is 0. The lowest BCUT2D eigenvalue weighted by Crippen LogP contribution is -2.31. The molecule has 0 aliphatic heterocycles. The van der Waals surface area contributed by atoms with Crippen LogP contribution in [0.5, 0.6) is 5.75 Å². The largest absolute Gasteiger partial charge is 0.507 e. The number of hydrogen-bond donors (Lipinski definition) is 2. The number of rotatable bonds is 3. The van der Waals surface area contributed by atoms with E-state index in [9.17, 15) is 9.90 Å². The Morgan fingerprint density at radius 1 is 1.30 bits per heavy atom. The topological polar surface area (TPSA) is 66.6 Å². The molecule has 20 heavy (non-hydrogen) atoms. The predicted octanol–water partition coefficient (Wildman–Crippen LogP) is 3.40. The van der Waals surface area contributed by atoms with Crippen molar-refractivity contribution in [2.45, 2.75) is 6.92 Å². The minimum atomic E-state index is -0.201. The summed E-state index contributed by atoms with van der Waals surface area (Å²) in [6.07, 6.45) is 0. The number of anilines is 2. The Hall–Kier alpha value is -2.01. The summed E-state index contributed by atoms with van der Waals surface area (Å²) in [5.74, 6) is -0.166. The zero-order chi connectivity index (χ0) is 14.7. The third-order valence-electron chi connectivity index (χ3n) is 2.98. The van der Waals surface area contributed by atoms with Gasteiger partial charge in [-0.25, -0.2) is 0 Å². The first kappa shape index (κ1) is 14.4. The quantitative estimate of drug-likeness (QED) is 0.845. The molecule has 0 fully saturated rings. The van der Waals surface area contributed by atoms with E-state index in [4.69, 9.17) is 5.73 Å². The first-order valence-electron chi connectivity index (χ1n) is 6.19. The molecule has 2 aromatic carbocycles. The van der Waals surface area contributed by atoms with Crippen molar-refractivity contribution in [3.05, 3.63) is 52.5 Å². The molecule has 0 saturated carbocycles. The molecule has 2 aromatic rings. The molecule has 1 amide bonds. The van der Waals surface area contributed by atoms with E-state index in [1.807, 2.05) is 19.1 Å². The maximum absolute atomic E-state index is 12.5. The van der Waals surface area contributed by atoms with Crippen molar-refractivity contribution in [1.29, 1.82) is 0 Å². The second-order valence-electron chi connectivity index (χ2n) is 4.27. The molecule has 3 N–H and O–H groups in total. The van der Waals surface area contributed by atoms with E-state index in [1.165, 1.54) is 6.07 Å². The number of halogens is 1. The fourth-order valence-corrected chi connectivity index (χ4v) is 2.20. The Labute approximate surface area is 126 Å². The highest BCUT2D eigenvalue weighted by atomic mass is 79.9. The highest BCUT2D eigenvalue weighted by molar-refractivity contribution is 9.10. The van der Waals surface area contributed by atoms with Crippen molar-refractivity contribution in [3.63, 3.8) is 0 Å². The van der Waals surface area contributed by atoms with Crippen molar-refractivity contribution in [3.8, 4) is 5.75 Å². The van der Waals surface area contributed by atoms with Gasteiger partial charge in [0.05, 0.1) is 15.8 Å². The molecule has 0 spiro atoms. The van der Waals surface area contributed by atoms with Crippen molar-refractivity contribution in [1.82, 2.24) is 0 Å². The van der Waals surface area contributed by atoms with Crippen LogP contribution >= 0.6 is 15.9 Å². The average molecular weight is 335 g/mol. The second-order valence-corrected chi connectivity index (χ2v) is 5.13. The van der Waals surface area contributed by atoms with Crippen LogP contribution in [-0.4, -0.2) is 17.6 Å². The molecule has 0 unspecified atom stereocenters. The maximum atomic E-state index is 12.5. The van der Waals surface area contributed by atoms with Crippen LogP contribution in [0, 0.1) is 0 Å². The molecule has 4 nitrogen and oxygen atoms in total. The van der Waals surface area contributed by atoms with Gasteiger partial charge >= 0.3 is 0 Å². The Kier molecular flexibility index (Phi) is 4.29. The summed E-state index contributed by atoms with van der Waals surface area (Å²) in [5.41, 5.74) is 7.54. The molecule has 5 heteroatoms. The number of carbonyl (C=O) groups excluding carboxylic acids is 1. The van der Waals surface area contributed by atoms with Gasteiger partial charge in [0.1, 0.15) is 5.75 Å². The molecule has 0 bridgehead atoms. The van der Waals surface area contributed by atoms with Crippen LogP contribution in [0.4, 0.5) is 11.4 Å². The average Bonchev–Trinajstić information content (AvgIpc) is 2.44. The van der Waals surface area contributed by atoms with Crippen molar-refractivity contribution >= 4 is 33.2 Å². The second kappa shape index (κ2) is 5.96. The summed E-state index contributed by atoms with van der Waals surface area (Å²) in [6, 6.07) is 12.0. The summed E-state index contributed by atoms with van der Waals surface area (Å²) in [4.78, 5) is 14.1. The van der Waals surface area contributed by atoms with E-state index in [0.717, 1.165) is 0 Å². The van der Waals surface area contributed by atoms with Crippen LogP contribution in [0.2, 0.25) is 0 Å². The van der Waals surface area contributed by atoms with Gasteiger partial charge < -0.3 is 15.7 Å². The lowest BCUT2D eigenvalue weighted by Gasteiger charge is -2.22. The number of hydrogen-bond acceptors (Lipinski definition) is 3. The lowest BCUT2D eigenvalue weighted by molar-refractivity contribution is 0.0988. The number of nitrogens with zero attached hydrogens (tertiary/aromatic N) is 1. The van der Waals surface area contributed by atoms with Crippen molar-refractivity contribution < 1.29 is 9.90 Å². The van der Waals surface area contributed by atoms with E-state index in [2.05, 4.69) is 15.9 Å². The monoisotopic (exact) mass is 334 g/mol. The Balaban J connectivity index is 2.39. The predicted molar refractivity (Wildman–Crippen MR) is 84.0 cm³/mol. The normalized spacial score (nSPS) is 10.3. The lowest BCUT2D eigenvalue weighted by atomic mass is 10.1. The van der Waals surface area contributed by atoms with Crippen LogP contribution in [0.3, 0.4) is 0 Å². The first-order chi connectivity index (χ1) is 9.54. The SMILES string of the molecule is CCN(C(=O)c1ccc(Br)c(O)c1)c1ccccc1N. The van der Waals surface area contributed by atoms with Gasteiger partial charge in [-0.05, 0) is 53.2 Å². The van der Waals surface area contributed by atoms with Gasteiger partial charge in [0, 0.05) is 12.1 Å². The van der Waals surface area contributed by atoms with Gasteiger partial charge in [0.15, 0.2) is 0 Å². The Morgan fingerprint density at radius 3 is 2.60 bits per heavy atom. The van der Waals surface area contributed by atoms with E-state index in [1.54, 1.807) is 29.2 Å². The molecular weight excluding hydrogens is 320 g/mol. The van der Waals surface area contributed by atoms with Crippen LogP contribution < -0.4 is 10.6 Å². The highest BCUT2D eigenvalue weighted by Gasteiger charge is 2.18. The Morgan fingerprint density at radius 2 is 2.00 bits per heavy atom. The van der Waals surface area contributed by atoms with Gasteiger partial charge in [0.2, 0.25) is 0 Å². The minimum absolute atomic E-state index is 0.0351. The minimum Gasteiger partial charge on any atom is -0.507 e. The number of para-hydroxylation sites is 2. The molecule has 0 heterocycles. The fourth-order valence-electron chi connectivity index (χ4n) is 1.96. The number of aromatic hydroxyl groups is 1. The number of phenolic OH excluding ortho intramolecular Hbond substituents is 1. The molecule has 0 aromatic heterocycles.